The molecule has 1 heterocycles. The molecule has 3 aromatic carbocycles. The zero-order valence-corrected chi connectivity index (χ0v) is 16.7. The van der Waals surface area contributed by atoms with Crippen LogP contribution in [0.4, 0.5) is 5.88 Å². The van der Waals surface area contributed by atoms with Crippen molar-refractivity contribution in [2.24, 2.45) is 0 Å². The van der Waals surface area contributed by atoms with E-state index in [0.717, 1.165) is 43.6 Å². The summed E-state index contributed by atoms with van der Waals surface area (Å²) in [6, 6.07) is 22.0. The molecule has 0 aliphatic carbocycles. The molecule has 1 aromatic heterocycles. The lowest BCUT2D eigenvalue weighted by molar-refractivity contribution is 0.597. The zero-order valence-electron chi connectivity index (χ0n) is 15.2. The summed E-state index contributed by atoms with van der Waals surface area (Å²) >= 11 is 12.2. The summed E-state index contributed by atoms with van der Waals surface area (Å²) in [5.41, 5.74) is 5.36. The van der Waals surface area contributed by atoms with Crippen LogP contribution in [0.2, 0.25) is 10.0 Å². The van der Waals surface area contributed by atoms with Crippen molar-refractivity contribution >= 4 is 40.1 Å². The molecule has 27 heavy (non-hydrogen) atoms. The highest BCUT2D eigenvalue weighted by molar-refractivity contribution is 6.31. The van der Waals surface area contributed by atoms with E-state index in [1.807, 2.05) is 55.6 Å². The Morgan fingerprint density at radius 3 is 2.41 bits per heavy atom. The third-order valence-corrected chi connectivity index (χ3v) is 5.10. The van der Waals surface area contributed by atoms with Gasteiger partial charge in [-0.15, -0.1) is 0 Å². The van der Waals surface area contributed by atoms with E-state index in [4.69, 9.17) is 27.6 Å². The summed E-state index contributed by atoms with van der Waals surface area (Å²) in [6.07, 6.45) is 0. The minimum Gasteiger partial charge on any atom is -0.440 e. The molecule has 0 spiro atoms. The monoisotopic (exact) mass is 395 g/mol. The first-order valence-corrected chi connectivity index (χ1v) is 9.51. The summed E-state index contributed by atoms with van der Waals surface area (Å²) < 4.78 is 6.26. The average molecular weight is 396 g/mol. The van der Waals surface area contributed by atoms with Gasteiger partial charge in [0, 0.05) is 29.0 Å². The molecule has 0 atom stereocenters. The Hall–Kier alpha value is -2.42. The molecule has 0 saturated heterocycles. The van der Waals surface area contributed by atoms with Crippen LogP contribution in [0.15, 0.2) is 71.1 Å². The molecule has 0 fully saturated rings. The van der Waals surface area contributed by atoms with Crippen LogP contribution in [0.25, 0.3) is 22.1 Å². The first-order chi connectivity index (χ1) is 13.0. The smallest absolute Gasteiger partial charge is 0.204 e. The molecule has 0 saturated carbocycles. The predicted octanol–water partition coefficient (Wildman–Crippen LogP) is 7.35. The fourth-order valence-electron chi connectivity index (χ4n) is 3.34. The van der Waals surface area contributed by atoms with Crippen molar-refractivity contribution in [3.63, 3.8) is 0 Å². The van der Waals surface area contributed by atoms with E-state index >= 15 is 0 Å². The van der Waals surface area contributed by atoms with Gasteiger partial charge in [-0.2, -0.15) is 0 Å². The molecule has 0 unspecified atom stereocenters. The maximum atomic E-state index is 6.26. The molecule has 0 aliphatic heterocycles. The maximum Gasteiger partial charge on any atom is 0.204 e. The van der Waals surface area contributed by atoms with Gasteiger partial charge in [-0.25, -0.2) is 0 Å². The van der Waals surface area contributed by atoms with Gasteiger partial charge in [0.1, 0.15) is 5.58 Å². The topological polar surface area (TPSA) is 16.4 Å². The molecule has 0 amide bonds. The Morgan fingerprint density at radius 2 is 1.67 bits per heavy atom. The molecule has 0 radical (unpaired) electrons. The van der Waals surface area contributed by atoms with Crippen molar-refractivity contribution in [3.05, 3.63) is 87.9 Å². The Kier molecular flexibility index (Phi) is 4.86. The number of halogens is 2. The molecule has 2 nitrogen and oxygen atoms in total. The Morgan fingerprint density at radius 1 is 0.889 bits per heavy atom. The van der Waals surface area contributed by atoms with Crippen molar-refractivity contribution < 1.29 is 4.42 Å². The predicted molar refractivity (Wildman–Crippen MR) is 115 cm³/mol. The molecule has 0 aliphatic rings. The number of benzene rings is 3. The molecule has 4 rings (SSSR count). The summed E-state index contributed by atoms with van der Waals surface area (Å²) in [5, 5.41) is 2.56. The number of nitrogens with zero attached hydrogens (tertiary/aromatic N) is 1. The lowest BCUT2D eigenvalue weighted by Gasteiger charge is -2.18. The van der Waals surface area contributed by atoms with E-state index in [0.29, 0.717) is 6.54 Å². The van der Waals surface area contributed by atoms with Gasteiger partial charge in [-0.1, -0.05) is 59.1 Å². The first kappa shape index (κ1) is 18.0. The van der Waals surface area contributed by atoms with Crippen molar-refractivity contribution in [2.45, 2.75) is 13.5 Å². The van der Waals surface area contributed by atoms with Crippen LogP contribution in [0.3, 0.4) is 0 Å². The quantitative estimate of drug-likeness (QED) is 0.359. The van der Waals surface area contributed by atoms with Gasteiger partial charge in [0.2, 0.25) is 5.88 Å². The van der Waals surface area contributed by atoms with Crippen molar-refractivity contribution in [3.8, 4) is 11.1 Å². The maximum absolute atomic E-state index is 6.26. The number of hydrogen-bond acceptors (Lipinski definition) is 2. The van der Waals surface area contributed by atoms with Gasteiger partial charge in [-0.3, -0.25) is 0 Å². The van der Waals surface area contributed by atoms with Gasteiger partial charge in [0.05, 0.1) is 5.56 Å². The lowest BCUT2D eigenvalue weighted by atomic mass is 10.0. The van der Waals surface area contributed by atoms with Crippen LogP contribution in [0.5, 0.6) is 0 Å². The van der Waals surface area contributed by atoms with Crippen LogP contribution < -0.4 is 4.90 Å². The van der Waals surface area contributed by atoms with Crippen LogP contribution in [-0.2, 0) is 6.54 Å². The minimum atomic E-state index is 0.694. The number of hydrogen-bond donors (Lipinski definition) is 0. The van der Waals surface area contributed by atoms with E-state index in [1.165, 1.54) is 5.56 Å². The van der Waals surface area contributed by atoms with Gasteiger partial charge < -0.3 is 9.32 Å². The van der Waals surface area contributed by atoms with Gasteiger partial charge in [0.15, 0.2) is 0 Å². The largest absolute Gasteiger partial charge is 0.440 e. The van der Waals surface area contributed by atoms with Crippen LogP contribution >= 0.6 is 23.2 Å². The second-order valence-corrected chi connectivity index (χ2v) is 7.65. The molecule has 4 aromatic rings. The van der Waals surface area contributed by atoms with Crippen LogP contribution in [-0.4, -0.2) is 7.05 Å². The van der Waals surface area contributed by atoms with E-state index in [1.54, 1.807) is 0 Å². The molecule has 4 heteroatoms. The van der Waals surface area contributed by atoms with E-state index in [2.05, 4.69) is 30.0 Å². The van der Waals surface area contributed by atoms with Gasteiger partial charge >= 0.3 is 0 Å². The Bertz CT molecular complexity index is 1100. The summed E-state index contributed by atoms with van der Waals surface area (Å²) in [6.45, 7) is 2.79. The Labute approximate surface area is 168 Å². The molecule has 0 N–H and O–H groups in total. The normalized spacial score (nSPS) is 11.1. The SMILES string of the molecule is Cc1ccc2oc(N(C)Cc3cccc(Cl)c3)c(-c3ccc(Cl)cc3)c2c1. The molecular formula is C23H19Cl2NO. The standard InChI is InChI=1S/C23H19Cl2NO/c1-15-6-11-21-20(12-15)22(17-7-9-18(24)10-8-17)23(27-21)26(2)14-16-4-3-5-19(25)13-16/h3-13H,14H2,1-2H3. The summed E-state index contributed by atoms with van der Waals surface area (Å²) in [7, 11) is 2.03. The fraction of sp³-hybridized carbons (Fsp3) is 0.130. The number of anilines is 1. The number of rotatable bonds is 4. The fourth-order valence-corrected chi connectivity index (χ4v) is 3.68. The second-order valence-electron chi connectivity index (χ2n) is 6.77. The van der Waals surface area contributed by atoms with Crippen molar-refractivity contribution in [1.29, 1.82) is 0 Å². The molecule has 136 valence electrons. The third-order valence-electron chi connectivity index (χ3n) is 4.61. The van der Waals surface area contributed by atoms with E-state index in [9.17, 15) is 0 Å². The van der Waals surface area contributed by atoms with Crippen molar-refractivity contribution in [1.82, 2.24) is 0 Å². The van der Waals surface area contributed by atoms with Crippen molar-refractivity contribution in [2.75, 3.05) is 11.9 Å². The summed E-state index contributed by atoms with van der Waals surface area (Å²) in [4.78, 5) is 2.12. The Balaban J connectivity index is 1.83. The molecule has 0 bridgehead atoms. The lowest BCUT2D eigenvalue weighted by Crippen LogP contribution is -2.16. The minimum absolute atomic E-state index is 0.694. The summed E-state index contributed by atoms with van der Waals surface area (Å²) in [5.74, 6) is 0.831. The van der Waals surface area contributed by atoms with Crippen LogP contribution in [0, 0.1) is 6.92 Å². The van der Waals surface area contributed by atoms with E-state index in [-0.39, 0.29) is 0 Å². The highest BCUT2D eigenvalue weighted by atomic mass is 35.5. The third kappa shape index (κ3) is 3.69. The number of furan rings is 1. The van der Waals surface area contributed by atoms with Gasteiger partial charge in [-0.05, 0) is 54.4 Å². The highest BCUT2D eigenvalue weighted by Crippen LogP contribution is 2.41. The van der Waals surface area contributed by atoms with Gasteiger partial charge in [0.25, 0.3) is 0 Å². The van der Waals surface area contributed by atoms with Crippen LogP contribution in [0.1, 0.15) is 11.1 Å². The average Bonchev–Trinajstić information content (AvgIpc) is 3.01. The highest BCUT2D eigenvalue weighted by Gasteiger charge is 2.19. The number of fused-ring (bicyclic) bond motifs is 1. The van der Waals surface area contributed by atoms with E-state index < -0.39 is 0 Å². The zero-order chi connectivity index (χ0) is 19.0. The first-order valence-electron chi connectivity index (χ1n) is 8.76. The number of aryl methyl sites for hydroxylation is 1. The molecular weight excluding hydrogens is 377 g/mol. The second kappa shape index (κ2) is 7.30.